The van der Waals surface area contributed by atoms with E-state index in [1.165, 1.54) is 5.56 Å². The predicted molar refractivity (Wildman–Crippen MR) is 120 cm³/mol. The average Bonchev–Trinajstić information content (AvgIpc) is 2.67. The summed E-state index contributed by atoms with van der Waals surface area (Å²) in [6.45, 7) is 5.73. The average molecular weight is 449 g/mol. The highest BCUT2D eigenvalue weighted by Gasteiger charge is 2.20. The second-order valence-electron chi connectivity index (χ2n) is 6.17. The normalized spacial score (nSPS) is 13.3. The molecule has 0 aromatic heterocycles. The topological polar surface area (TPSA) is 41.9 Å². The molecule has 27 heavy (non-hydrogen) atoms. The number of aryl methyl sites for hydroxylation is 1. The van der Waals surface area contributed by atoms with E-state index in [1.54, 1.807) is 11.8 Å². The van der Waals surface area contributed by atoms with E-state index in [9.17, 15) is 4.79 Å². The highest BCUT2D eigenvalue weighted by molar-refractivity contribution is 8.93. The number of aliphatic imine (C=N–C) groups is 1. The van der Waals surface area contributed by atoms with E-state index in [1.807, 2.05) is 48.2 Å². The number of Topliss-reactive ketones (excluding diaryl/α,β-unsaturated/α-hetero) is 1. The number of carbonyl (C=O) groups is 1. The highest BCUT2D eigenvalue weighted by Crippen LogP contribution is 2.24. The molecule has 0 saturated heterocycles. The maximum atomic E-state index is 12.9. The number of ether oxygens (including phenoxy) is 1. The van der Waals surface area contributed by atoms with Crippen molar-refractivity contribution >= 4 is 45.4 Å². The Balaban J connectivity index is 0.00000261. The Morgan fingerprint density at radius 3 is 2.63 bits per heavy atom. The van der Waals surface area contributed by atoms with Crippen molar-refractivity contribution in [1.82, 2.24) is 0 Å². The van der Waals surface area contributed by atoms with Gasteiger partial charge in [-0.3, -0.25) is 9.79 Å². The van der Waals surface area contributed by atoms with Crippen LogP contribution in [0.2, 0.25) is 0 Å². The zero-order valence-corrected chi connectivity index (χ0v) is 18.2. The van der Waals surface area contributed by atoms with E-state index < -0.39 is 0 Å². The van der Waals surface area contributed by atoms with Gasteiger partial charge in [0.1, 0.15) is 5.75 Å². The first-order valence-corrected chi connectivity index (χ1v) is 9.93. The number of benzene rings is 2. The third kappa shape index (κ3) is 5.84. The van der Waals surface area contributed by atoms with Crippen molar-refractivity contribution in [1.29, 1.82) is 0 Å². The molecule has 2 aromatic rings. The van der Waals surface area contributed by atoms with Gasteiger partial charge in [-0.1, -0.05) is 23.9 Å². The lowest BCUT2D eigenvalue weighted by Crippen LogP contribution is -2.35. The van der Waals surface area contributed by atoms with Gasteiger partial charge in [0.25, 0.3) is 0 Å². The number of thioether (sulfide) groups is 1. The van der Waals surface area contributed by atoms with Crippen LogP contribution in [0.3, 0.4) is 0 Å². The number of hydrogen-bond donors (Lipinski definition) is 0. The van der Waals surface area contributed by atoms with Gasteiger partial charge in [-0.2, -0.15) is 0 Å². The number of nitrogens with zero attached hydrogens (tertiary/aromatic N) is 2. The summed E-state index contributed by atoms with van der Waals surface area (Å²) in [6, 6.07) is 15.6. The SMILES string of the molecule is Br.CCOc1ccc(C(=O)CN(C2=NCCCS2)c2cccc(C)c2)cc1. The maximum absolute atomic E-state index is 12.9. The summed E-state index contributed by atoms with van der Waals surface area (Å²) in [5, 5.41) is 0.932. The first kappa shape index (κ1) is 21.5. The van der Waals surface area contributed by atoms with Gasteiger partial charge in [-0.05, 0) is 62.2 Å². The highest BCUT2D eigenvalue weighted by atomic mass is 79.9. The molecule has 1 aliphatic rings. The maximum Gasteiger partial charge on any atom is 0.182 e. The summed E-state index contributed by atoms with van der Waals surface area (Å²) in [4.78, 5) is 19.6. The summed E-state index contributed by atoms with van der Waals surface area (Å²) in [7, 11) is 0. The molecule has 2 aromatic carbocycles. The minimum absolute atomic E-state index is 0. The summed E-state index contributed by atoms with van der Waals surface area (Å²) in [5.41, 5.74) is 2.87. The van der Waals surface area contributed by atoms with Crippen LogP contribution in [0.4, 0.5) is 5.69 Å². The molecule has 0 aliphatic carbocycles. The molecule has 6 heteroatoms. The van der Waals surface area contributed by atoms with E-state index in [0.29, 0.717) is 12.2 Å². The Morgan fingerprint density at radius 1 is 1.22 bits per heavy atom. The van der Waals surface area contributed by atoms with Gasteiger partial charge < -0.3 is 9.64 Å². The predicted octanol–water partition coefficient (Wildman–Crippen LogP) is 5.15. The molecule has 0 amide bonds. The van der Waals surface area contributed by atoms with Crippen LogP contribution in [0.5, 0.6) is 5.75 Å². The van der Waals surface area contributed by atoms with Gasteiger partial charge in [-0.15, -0.1) is 17.0 Å². The zero-order chi connectivity index (χ0) is 18.4. The number of hydrogen-bond acceptors (Lipinski definition) is 5. The van der Waals surface area contributed by atoms with Crippen molar-refractivity contribution in [3.8, 4) is 5.75 Å². The molecule has 0 unspecified atom stereocenters. The number of amidine groups is 1. The van der Waals surface area contributed by atoms with Crippen LogP contribution in [-0.4, -0.2) is 36.4 Å². The minimum atomic E-state index is 0. The van der Waals surface area contributed by atoms with Crippen molar-refractivity contribution in [2.45, 2.75) is 20.3 Å². The standard InChI is InChI=1S/C21H24N2O2S.BrH/c1-3-25-19-10-8-17(9-11-19)20(24)15-23(21-22-12-5-13-26-21)18-7-4-6-16(2)14-18;/h4,6-11,14H,3,5,12-13,15H2,1-2H3;1H. The fourth-order valence-corrected chi connectivity index (χ4v) is 3.78. The molecule has 4 nitrogen and oxygen atoms in total. The van der Waals surface area contributed by atoms with Crippen LogP contribution in [-0.2, 0) is 0 Å². The monoisotopic (exact) mass is 448 g/mol. The molecule has 1 heterocycles. The molecule has 0 fully saturated rings. The molecule has 144 valence electrons. The molecule has 0 radical (unpaired) electrons. The Hall–Kier alpha value is -1.79. The number of halogens is 1. The van der Waals surface area contributed by atoms with Crippen molar-refractivity contribution in [2.24, 2.45) is 4.99 Å². The van der Waals surface area contributed by atoms with E-state index in [-0.39, 0.29) is 29.3 Å². The van der Waals surface area contributed by atoms with Crippen LogP contribution in [0.1, 0.15) is 29.3 Å². The van der Waals surface area contributed by atoms with Gasteiger partial charge in [-0.25, -0.2) is 0 Å². The van der Waals surface area contributed by atoms with Crippen LogP contribution in [0, 0.1) is 6.92 Å². The van der Waals surface area contributed by atoms with Crippen LogP contribution in [0.15, 0.2) is 53.5 Å². The van der Waals surface area contributed by atoms with Crippen LogP contribution >= 0.6 is 28.7 Å². The fraction of sp³-hybridized carbons (Fsp3) is 0.333. The number of rotatable bonds is 6. The lowest BCUT2D eigenvalue weighted by Gasteiger charge is -2.27. The molecule has 0 atom stereocenters. The largest absolute Gasteiger partial charge is 0.494 e. The summed E-state index contributed by atoms with van der Waals surface area (Å²) in [6.07, 6.45) is 1.09. The molecule has 0 saturated carbocycles. The summed E-state index contributed by atoms with van der Waals surface area (Å²) < 4.78 is 5.46. The lowest BCUT2D eigenvalue weighted by molar-refractivity contribution is 0.100. The quantitative estimate of drug-likeness (QED) is 0.572. The van der Waals surface area contributed by atoms with Gasteiger partial charge in [0.05, 0.1) is 13.2 Å². The first-order chi connectivity index (χ1) is 12.7. The fourth-order valence-electron chi connectivity index (χ4n) is 2.82. The molecular weight excluding hydrogens is 424 g/mol. The van der Waals surface area contributed by atoms with Crippen molar-refractivity contribution in [3.05, 3.63) is 59.7 Å². The number of carbonyl (C=O) groups excluding carboxylic acids is 1. The summed E-state index contributed by atoms with van der Waals surface area (Å²) >= 11 is 1.72. The van der Waals surface area contributed by atoms with Crippen molar-refractivity contribution in [2.75, 3.05) is 30.3 Å². The van der Waals surface area contributed by atoms with Gasteiger partial charge >= 0.3 is 0 Å². The molecule has 0 N–H and O–H groups in total. The molecule has 1 aliphatic heterocycles. The molecule has 3 rings (SSSR count). The third-order valence-electron chi connectivity index (χ3n) is 4.11. The van der Waals surface area contributed by atoms with Gasteiger partial charge in [0.2, 0.25) is 0 Å². The molecule has 0 spiro atoms. The van der Waals surface area contributed by atoms with E-state index in [0.717, 1.165) is 35.3 Å². The Labute approximate surface area is 175 Å². The van der Waals surface area contributed by atoms with Crippen LogP contribution < -0.4 is 9.64 Å². The van der Waals surface area contributed by atoms with Crippen molar-refractivity contribution in [3.63, 3.8) is 0 Å². The van der Waals surface area contributed by atoms with Gasteiger partial charge in [0.15, 0.2) is 11.0 Å². The van der Waals surface area contributed by atoms with E-state index in [4.69, 9.17) is 4.74 Å². The number of ketones is 1. The second kappa shape index (κ2) is 10.5. The Bertz CT molecular complexity index is 793. The molecule has 0 bridgehead atoms. The third-order valence-corrected chi connectivity index (χ3v) is 5.21. The molecular formula is C21H25BrN2O2S. The van der Waals surface area contributed by atoms with Crippen molar-refractivity contribution < 1.29 is 9.53 Å². The smallest absolute Gasteiger partial charge is 0.182 e. The number of anilines is 1. The second-order valence-corrected chi connectivity index (χ2v) is 7.23. The Morgan fingerprint density at radius 2 is 2.00 bits per heavy atom. The Kier molecular flexibility index (Phi) is 8.38. The minimum Gasteiger partial charge on any atom is -0.494 e. The van der Waals surface area contributed by atoms with Crippen LogP contribution in [0.25, 0.3) is 0 Å². The van der Waals surface area contributed by atoms with Gasteiger partial charge in [0, 0.05) is 23.5 Å². The van der Waals surface area contributed by atoms with E-state index in [2.05, 4.69) is 24.0 Å². The lowest BCUT2D eigenvalue weighted by atomic mass is 10.1. The summed E-state index contributed by atoms with van der Waals surface area (Å²) in [5.74, 6) is 1.90. The zero-order valence-electron chi connectivity index (χ0n) is 15.7. The first-order valence-electron chi connectivity index (χ1n) is 8.95. The van der Waals surface area contributed by atoms with E-state index >= 15 is 0 Å².